The molecule has 0 aromatic heterocycles. The SMILES string of the molecule is CCCCC(CCC(C)=O)[Si](C)(c1ccccc1)c1ccccc1. The second-order valence-electron chi connectivity index (χ2n) is 7.01. The smallest absolute Gasteiger partial charge is 0.129 e. The van der Waals surface area contributed by atoms with Crippen LogP contribution < -0.4 is 10.4 Å². The third-order valence-electron chi connectivity index (χ3n) is 5.31. The molecule has 2 rings (SSSR count). The molecule has 0 fully saturated rings. The highest BCUT2D eigenvalue weighted by atomic mass is 28.3. The van der Waals surface area contributed by atoms with Crippen molar-refractivity contribution in [2.24, 2.45) is 0 Å². The summed E-state index contributed by atoms with van der Waals surface area (Å²) in [5, 5.41) is 2.97. The van der Waals surface area contributed by atoms with Crippen molar-refractivity contribution >= 4 is 24.2 Å². The number of carbonyl (C=O) groups excluding carboxylic acids is 1. The molecule has 2 heteroatoms. The zero-order chi connectivity index (χ0) is 17.4. The van der Waals surface area contributed by atoms with E-state index < -0.39 is 8.07 Å². The number of unbranched alkanes of at least 4 members (excludes halogenated alkanes) is 1. The first-order valence-electron chi connectivity index (χ1n) is 9.19. The van der Waals surface area contributed by atoms with E-state index in [1.807, 2.05) is 0 Å². The average molecular weight is 339 g/mol. The van der Waals surface area contributed by atoms with Crippen LogP contribution in [0.5, 0.6) is 0 Å². The van der Waals surface area contributed by atoms with E-state index in [0.29, 0.717) is 17.7 Å². The van der Waals surface area contributed by atoms with Gasteiger partial charge in [0.1, 0.15) is 13.9 Å². The molecule has 0 amide bonds. The summed E-state index contributed by atoms with van der Waals surface area (Å²) in [5.74, 6) is 0.314. The number of hydrogen-bond acceptors (Lipinski definition) is 1. The van der Waals surface area contributed by atoms with Crippen LogP contribution >= 0.6 is 0 Å². The Kier molecular flexibility index (Phi) is 6.98. The summed E-state index contributed by atoms with van der Waals surface area (Å²) in [7, 11) is -1.89. The normalized spacial score (nSPS) is 12.8. The molecule has 2 aromatic rings. The lowest BCUT2D eigenvalue weighted by Crippen LogP contribution is -2.59. The van der Waals surface area contributed by atoms with Crippen LogP contribution in [0.2, 0.25) is 12.1 Å². The summed E-state index contributed by atoms with van der Waals surface area (Å²) in [5.41, 5.74) is 0.603. The lowest BCUT2D eigenvalue weighted by molar-refractivity contribution is -0.117. The first-order valence-corrected chi connectivity index (χ1v) is 11.8. The second kappa shape index (κ2) is 8.98. The van der Waals surface area contributed by atoms with E-state index in [0.717, 1.165) is 6.42 Å². The standard InChI is InChI=1S/C22H30OSi/c1-4-5-12-22(18-17-19(2)23)24(3,20-13-8-6-9-14-20)21-15-10-7-11-16-21/h6-11,13-16,22H,4-5,12,17-18H2,1-3H3. The largest absolute Gasteiger partial charge is 0.300 e. The quantitative estimate of drug-likeness (QED) is 0.600. The molecule has 0 bridgehead atoms. The van der Waals surface area contributed by atoms with Crippen LogP contribution in [-0.2, 0) is 4.79 Å². The number of rotatable bonds is 9. The van der Waals surface area contributed by atoms with Gasteiger partial charge in [0.25, 0.3) is 0 Å². The van der Waals surface area contributed by atoms with Crippen LogP contribution in [0.25, 0.3) is 0 Å². The van der Waals surface area contributed by atoms with Crippen molar-refractivity contribution in [2.45, 2.75) is 58.0 Å². The topological polar surface area (TPSA) is 17.1 Å². The van der Waals surface area contributed by atoms with Gasteiger partial charge in [0.2, 0.25) is 0 Å². The molecular weight excluding hydrogens is 308 g/mol. The number of hydrogen-bond donors (Lipinski definition) is 0. The molecule has 0 saturated carbocycles. The van der Waals surface area contributed by atoms with Gasteiger partial charge in [-0.15, -0.1) is 0 Å². The molecule has 0 N–H and O–H groups in total. The monoisotopic (exact) mass is 338 g/mol. The lowest BCUT2D eigenvalue weighted by Gasteiger charge is -2.37. The van der Waals surface area contributed by atoms with E-state index >= 15 is 0 Å². The lowest BCUT2D eigenvalue weighted by atomic mass is 10.1. The van der Waals surface area contributed by atoms with Gasteiger partial charge in [-0.3, -0.25) is 0 Å². The van der Waals surface area contributed by atoms with Gasteiger partial charge in [0.15, 0.2) is 0 Å². The maximum Gasteiger partial charge on any atom is 0.129 e. The number of carbonyl (C=O) groups is 1. The summed E-state index contributed by atoms with van der Waals surface area (Å²) in [4.78, 5) is 11.6. The minimum atomic E-state index is -1.89. The Hall–Kier alpha value is -1.67. The zero-order valence-electron chi connectivity index (χ0n) is 15.3. The van der Waals surface area contributed by atoms with E-state index in [1.54, 1.807) is 6.92 Å². The molecular formula is C22H30OSi. The predicted molar refractivity (Wildman–Crippen MR) is 107 cm³/mol. The van der Waals surface area contributed by atoms with Crippen molar-refractivity contribution in [3.05, 3.63) is 60.7 Å². The third-order valence-corrected chi connectivity index (χ3v) is 10.6. The van der Waals surface area contributed by atoms with Gasteiger partial charge in [-0.25, -0.2) is 0 Å². The third kappa shape index (κ3) is 4.45. The molecule has 24 heavy (non-hydrogen) atoms. The maximum atomic E-state index is 11.6. The fourth-order valence-corrected chi connectivity index (χ4v) is 8.31. The van der Waals surface area contributed by atoms with E-state index in [9.17, 15) is 4.79 Å². The summed E-state index contributed by atoms with van der Waals surface area (Å²) < 4.78 is 0. The minimum absolute atomic E-state index is 0.314. The molecule has 0 spiro atoms. The fraction of sp³-hybridized carbons (Fsp3) is 0.409. The number of benzene rings is 2. The Balaban J connectivity index is 2.47. The van der Waals surface area contributed by atoms with Crippen LogP contribution in [0.3, 0.4) is 0 Å². The predicted octanol–water partition coefficient (Wildman–Crippen LogP) is 4.81. The molecule has 1 nitrogen and oxygen atoms in total. The van der Waals surface area contributed by atoms with Gasteiger partial charge in [-0.05, 0) is 18.9 Å². The molecule has 0 saturated heterocycles. The van der Waals surface area contributed by atoms with Gasteiger partial charge in [0, 0.05) is 6.42 Å². The molecule has 0 aliphatic rings. The molecule has 0 aliphatic heterocycles. The van der Waals surface area contributed by atoms with Gasteiger partial charge in [-0.1, -0.05) is 104 Å². The summed E-state index contributed by atoms with van der Waals surface area (Å²) >= 11 is 0. The fourth-order valence-electron chi connectivity index (χ4n) is 3.76. The number of ketones is 1. The van der Waals surface area contributed by atoms with E-state index in [1.165, 1.54) is 29.6 Å². The molecule has 0 heterocycles. The van der Waals surface area contributed by atoms with Gasteiger partial charge >= 0.3 is 0 Å². The van der Waals surface area contributed by atoms with Crippen molar-refractivity contribution in [2.75, 3.05) is 0 Å². The highest BCUT2D eigenvalue weighted by Crippen LogP contribution is 2.32. The molecule has 1 unspecified atom stereocenters. The average Bonchev–Trinajstić information content (AvgIpc) is 2.62. The highest BCUT2D eigenvalue weighted by Gasteiger charge is 2.39. The van der Waals surface area contributed by atoms with Crippen LogP contribution in [0.4, 0.5) is 0 Å². The van der Waals surface area contributed by atoms with Crippen LogP contribution in [0.15, 0.2) is 60.7 Å². The van der Waals surface area contributed by atoms with Crippen LogP contribution in [0.1, 0.15) is 46.0 Å². The Morgan fingerprint density at radius 3 is 1.83 bits per heavy atom. The van der Waals surface area contributed by atoms with Crippen molar-refractivity contribution < 1.29 is 4.79 Å². The van der Waals surface area contributed by atoms with E-state index in [2.05, 4.69) is 74.1 Å². The van der Waals surface area contributed by atoms with Crippen molar-refractivity contribution in [1.82, 2.24) is 0 Å². The van der Waals surface area contributed by atoms with Crippen molar-refractivity contribution in [3.63, 3.8) is 0 Å². The maximum absolute atomic E-state index is 11.6. The van der Waals surface area contributed by atoms with E-state index in [4.69, 9.17) is 0 Å². The van der Waals surface area contributed by atoms with Crippen molar-refractivity contribution in [1.29, 1.82) is 0 Å². The Morgan fingerprint density at radius 2 is 1.42 bits per heavy atom. The van der Waals surface area contributed by atoms with Crippen LogP contribution in [0, 0.1) is 0 Å². The first kappa shape index (κ1) is 18.7. The minimum Gasteiger partial charge on any atom is -0.300 e. The zero-order valence-corrected chi connectivity index (χ0v) is 16.3. The summed E-state index contributed by atoms with van der Waals surface area (Å²) in [6, 6.07) is 22.0. The second-order valence-corrected chi connectivity index (χ2v) is 11.4. The highest BCUT2D eigenvalue weighted by molar-refractivity contribution is 7.02. The van der Waals surface area contributed by atoms with E-state index in [-0.39, 0.29) is 0 Å². The molecule has 1 atom stereocenters. The Bertz CT molecular complexity index is 581. The summed E-state index contributed by atoms with van der Waals surface area (Å²) in [6.07, 6.45) is 5.39. The van der Waals surface area contributed by atoms with Gasteiger partial charge in [0.05, 0.1) is 0 Å². The first-order chi connectivity index (χ1) is 11.6. The van der Waals surface area contributed by atoms with Crippen molar-refractivity contribution in [3.8, 4) is 0 Å². The molecule has 0 aliphatic carbocycles. The number of Topliss-reactive ketones (excluding diaryl/α,β-unsaturated/α-hetero) is 1. The summed E-state index contributed by atoms with van der Waals surface area (Å²) in [6.45, 7) is 6.48. The van der Waals surface area contributed by atoms with Gasteiger partial charge in [-0.2, -0.15) is 0 Å². The molecule has 0 radical (unpaired) electrons. The Morgan fingerprint density at radius 1 is 0.917 bits per heavy atom. The molecule has 128 valence electrons. The van der Waals surface area contributed by atoms with Crippen LogP contribution in [-0.4, -0.2) is 13.9 Å². The molecule has 2 aromatic carbocycles. The Labute approximate surface area is 148 Å². The van der Waals surface area contributed by atoms with Gasteiger partial charge < -0.3 is 4.79 Å².